The Morgan fingerprint density at radius 1 is 1.20 bits per heavy atom. The zero-order valence-electron chi connectivity index (χ0n) is 13.9. The van der Waals surface area contributed by atoms with Crippen molar-refractivity contribution in [1.29, 1.82) is 0 Å². The van der Waals surface area contributed by atoms with Gasteiger partial charge in [0.25, 0.3) is 15.9 Å². The molecule has 0 aliphatic rings. The minimum atomic E-state index is -3.84. The Morgan fingerprint density at radius 2 is 1.80 bits per heavy atom. The molecular formula is C16H18N2O6S. The number of amides is 1. The average Bonchev–Trinajstić information content (AvgIpc) is 2.95. The molecule has 1 amide bonds. The van der Waals surface area contributed by atoms with E-state index in [0.717, 1.165) is 10.4 Å². The second kappa shape index (κ2) is 7.08. The summed E-state index contributed by atoms with van der Waals surface area (Å²) in [5.74, 6) is -1.89. The number of aliphatic carboxylic acids is 1. The number of carbonyl (C=O) groups is 2. The summed E-state index contributed by atoms with van der Waals surface area (Å²) in [7, 11) is -1.17. The standard InChI is InChI=1S/C16H18N2O6S/c1-10-12(9-13(24-10)25(22,23)18(2)3)15(19)17-14(16(20)21)11-7-5-4-6-8-11/h4-9,14H,1-3H3,(H,17,19)(H,20,21)/t14-/m0/s1. The molecule has 0 saturated carbocycles. The maximum absolute atomic E-state index is 12.4. The van der Waals surface area contributed by atoms with Gasteiger partial charge in [0.2, 0.25) is 5.09 Å². The first-order valence-electron chi connectivity index (χ1n) is 7.26. The van der Waals surface area contributed by atoms with Gasteiger partial charge in [-0.2, -0.15) is 0 Å². The number of rotatable bonds is 6. The van der Waals surface area contributed by atoms with Gasteiger partial charge in [-0.25, -0.2) is 17.5 Å². The summed E-state index contributed by atoms with van der Waals surface area (Å²) in [5.41, 5.74) is 0.355. The molecule has 0 saturated heterocycles. The van der Waals surface area contributed by atoms with Crippen molar-refractivity contribution < 1.29 is 27.5 Å². The van der Waals surface area contributed by atoms with Gasteiger partial charge in [-0.05, 0) is 12.5 Å². The van der Waals surface area contributed by atoms with E-state index in [1.165, 1.54) is 21.0 Å². The summed E-state index contributed by atoms with van der Waals surface area (Å²) in [6, 6.07) is 8.00. The molecule has 2 rings (SSSR count). The van der Waals surface area contributed by atoms with Crippen molar-refractivity contribution in [3.05, 3.63) is 53.3 Å². The number of nitrogens with zero attached hydrogens (tertiary/aromatic N) is 1. The van der Waals surface area contributed by atoms with Gasteiger partial charge in [-0.3, -0.25) is 4.79 Å². The van der Waals surface area contributed by atoms with Crippen LogP contribution in [-0.2, 0) is 14.8 Å². The summed E-state index contributed by atoms with van der Waals surface area (Å²) in [4.78, 5) is 23.9. The molecule has 2 N–H and O–H groups in total. The minimum Gasteiger partial charge on any atom is -0.479 e. The van der Waals surface area contributed by atoms with Crippen LogP contribution in [-0.4, -0.2) is 43.8 Å². The minimum absolute atomic E-state index is 0.0393. The Labute approximate surface area is 145 Å². The molecule has 25 heavy (non-hydrogen) atoms. The van der Waals surface area contributed by atoms with Crippen LogP contribution in [0.5, 0.6) is 0 Å². The molecule has 0 aliphatic heterocycles. The maximum atomic E-state index is 12.4. The summed E-state index contributed by atoms with van der Waals surface area (Å²) < 4.78 is 30.3. The van der Waals surface area contributed by atoms with E-state index in [2.05, 4.69) is 5.32 Å². The predicted molar refractivity (Wildman–Crippen MR) is 88.6 cm³/mol. The zero-order chi connectivity index (χ0) is 18.8. The summed E-state index contributed by atoms with van der Waals surface area (Å²) in [6.45, 7) is 1.43. The monoisotopic (exact) mass is 366 g/mol. The number of sulfonamides is 1. The van der Waals surface area contributed by atoms with Crippen molar-refractivity contribution >= 4 is 21.9 Å². The van der Waals surface area contributed by atoms with Crippen LogP contribution in [0, 0.1) is 6.92 Å². The first-order valence-corrected chi connectivity index (χ1v) is 8.70. The number of benzene rings is 1. The number of carboxylic acids is 1. The fourth-order valence-electron chi connectivity index (χ4n) is 2.13. The lowest BCUT2D eigenvalue weighted by atomic mass is 10.1. The van der Waals surface area contributed by atoms with Gasteiger partial charge in [0, 0.05) is 20.2 Å². The number of carboxylic acid groups (broad SMARTS) is 1. The van der Waals surface area contributed by atoms with Crippen LogP contribution in [0.25, 0.3) is 0 Å². The van der Waals surface area contributed by atoms with Gasteiger partial charge in [0.1, 0.15) is 5.76 Å². The van der Waals surface area contributed by atoms with Crippen molar-refractivity contribution in [3.8, 4) is 0 Å². The lowest BCUT2D eigenvalue weighted by Gasteiger charge is -2.14. The molecule has 0 bridgehead atoms. The highest BCUT2D eigenvalue weighted by Gasteiger charge is 2.28. The van der Waals surface area contributed by atoms with Crippen LogP contribution >= 0.6 is 0 Å². The summed E-state index contributed by atoms with van der Waals surface area (Å²) in [5, 5.41) is 11.4. The van der Waals surface area contributed by atoms with Gasteiger partial charge in [0.05, 0.1) is 5.56 Å². The molecule has 0 fully saturated rings. The zero-order valence-corrected chi connectivity index (χ0v) is 14.7. The second-order valence-electron chi connectivity index (χ2n) is 5.48. The molecule has 0 unspecified atom stereocenters. The van der Waals surface area contributed by atoms with Crippen LogP contribution in [0.4, 0.5) is 0 Å². The first kappa shape index (κ1) is 18.7. The van der Waals surface area contributed by atoms with Gasteiger partial charge < -0.3 is 14.8 Å². The predicted octanol–water partition coefficient (Wildman–Crippen LogP) is 1.39. The largest absolute Gasteiger partial charge is 0.479 e. The van der Waals surface area contributed by atoms with Crippen LogP contribution in [0.1, 0.15) is 27.7 Å². The molecular weight excluding hydrogens is 348 g/mol. The molecule has 1 atom stereocenters. The molecule has 2 aromatic rings. The quantitative estimate of drug-likeness (QED) is 0.798. The number of aryl methyl sites for hydroxylation is 1. The topological polar surface area (TPSA) is 117 Å². The molecule has 0 radical (unpaired) electrons. The number of hydrogen-bond donors (Lipinski definition) is 2. The van der Waals surface area contributed by atoms with Crippen LogP contribution < -0.4 is 5.32 Å². The number of furan rings is 1. The third-order valence-corrected chi connectivity index (χ3v) is 5.20. The van der Waals surface area contributed by atoms with E-state index in [1.54, 1.807) is 30.3 Å². The highest BCUT2D eigenvalue weighted by molar-refractivity contribution is 7.88. The first-order chi connectivity index (χ1) is 11.6. The van der Waals surface area contributed by atoms with E-state index in [1.807, 2.05) is 0 Å². The highest BCUT2D eigenvalue weighted by atomic mass is 32.2. The van der Waals surface area contributed by atoms with E-state index in [4.69, 9.17) is 4.42 Å². The maximum Gasteiger partial charge on any atom is 0.330 e. The Hall–Kier alpha value is -2.65. The number of carbonyl (C=O) groups excluding carboxylic acids is 1. The molecule has 0 spiro atoms. The second-order valence-corrected chi connectivity index (χ2v) is 7.56. The summed E-state index contributed by atoms with van der Waals surface area (Å²) in [6.07, 6.45) is 0. The van der Waals surface area contributed by atoms with Crippen molar-refractivity contribution in [1.82, 2.24) is 9.62 Å². The Bertz CT molecular complexity index is 887. The molecule has 1 aromatic heterocycles. The molecule has 1 aromatic carbocycles. The lowest BCUT2D eigenvalue weighted by molar-refractivity contribution is -0.139. The molecule has 8 nitrogen and oxygen atoms in total. The number of nitrogens with one attached hydrogen (secondary N) is 1. The van der Waals surface area contributed by atoms with Crippen molar-refractivity contribution in [3.63, 3.8) is 0 Å². The van der Waals surface area contributed by atoms with E-state index < -0.39 is 27.9 Å². The van der Waals surface area contributed by atoms with E-state index in [0.29, 0.717) is 5.56 Å². The van der Waals surface area contributed by atoms with Crippen LogP contribution in [0.3, 0.4) is 0 Å². The smallest absolute Gasteiger partial charge is 0.330 e. The molecule has 9 heteroatoms. The van der Waals surface area contributed by atoms with E-state index >= 15 is 0 Å². The van der Waals surface area contributed by atoms with Gasteiger partial charge in [0.15, 0.2) is 6.04 Å². The Balaban J connectivity index is 2.32. The SMILES string of the molecule is Cc1oc(S(=O)(=O)N(C)C)cc1C(=O)N[C@H](C(=O)O)c1ccccc1. The average molecular weight is 366 g/mol. The van der Waals surface area contributed by atoms with Crippen LogP contribution in [0.2, 0.25) is 0 Å². The van der Waals surface area contributed by atoms with Crippen molar-refractivity contribution in [2.45, 2.75) is 18.1 Å². The third-order valence-electron chi connectivity index (χ3n) is 3.53. The van der Waals surface area contributed by atoms with Gasteiger partial charge >= 0.3 is 5.97 Å². The molecule has 0 aliphatic carbocycles. The van der Waals surface area contributed by atoms with Crippen LogP contribution in [0.15, 0.2) is 45.9 Å². The van der Waals surface area contributed by atoms with E-state index in [9.17, 15) is 23.1 Å². The van der Waals surface area contributed by atoms with Gasteiger partial charge in [-0.1, -0.05) is 30.3 Å². The molecule has 134 valence electrons. The Morgan fingerprint density at radius 3 is 2.32 bits per heavy atom. The van der Waals surface area contributed by atoms with E-state index in [-0.39, 0.29) is 16.4 Å². The molecule has 1 heterocycles. The normalized spacial score (nSPS) is 12.8. The van der Waals surface area contributed by atoms with Gasteiger partial charge in [-0.15, -0.1) is 0 Å². The fraction of sp³-hybridized carbons (Fsp3) is 0.250. The summed E-state index contributed by atoms with van der Waals surface area (Å²) >= 11 is 0. The third kappa shape index (κ3) is 3.89. The lowest BCUT2D eigenvalue weighted by Crippen LogP contribution is -2.33. The van der Waals surface area contributed by atoms with Crippen molar-refractivity contribution in [2.24, 2.45) is 0 Å². The highest BCUT2D eigenvalue weighted by Crippen LogP contribution is 2.22. The van der Waals surface area contributed by atoms with Crippen molar-refractivity contribution in [2.75, 3.05) is 14.1 Å². The fourth-order valence-corrected chi connectivity index (χ4v) is 2.99. The Kier molecular flexibility index (Phi) is 5.29. The number of hydrogen-bond acceptors (Lipinski definition) is 5.